The van der Waals surface area contributed by atoms with Gasteiger partial charge in [-0.05, 0) is 50.5 Å². The number of nitrogens with zero attached hydrogens (tertiary/aromatic N) is 4. The van der Waals surface area contributed by atoms with Crippen LogP contribution in [0.25, 0.3) is 0 Å². The van der Waals surface area contributed by atoms with E-state index < -0.39 is 0 Å². The van der Waals surface area contributed by atoms with Crippen LogP contribution in [0.15, 0.2) is 48.8 Å². The number of ether oxygens (including phenoxy) is 1. The largest absolute Gasteiger partial charge is 0.490 e. The van der Waals surface area contributed by atoms with Crippen LogP contribution in [-0.4, -0.2) is 79.5 Å². The molecule has 0 saturated carbocycles. The molecular formula is C25H33N5O3. The van der Waals surface area contributed by atoms with Gasteiger partial charge in [-0.15, -0.1) is 0 Å². The van der Waals surface area contributed by atoms with Crippen molar-refractivity contribution in [3.63, 3.8) is 0 Å². The Hall–Kier alpha value is -2.97. The van der Waals surface area contributed by atoms with Gasteiger partial charge in [0, 0.05) is 63.9 Å². The van der Waals surface area contributed by atoms with Gasteiger partial charge < -0.3 is 19.9 Å². The van der Waals surface area contributed by atoms with Gasteiger partial charge in [0.25, 0.3) is 0 Å². The van der Waals surface area contributed by atoms with Crippen molar-refractivity contribution >= 4 is 23.2 Å². The van der Waals surface area contributed by atoms with Crippen molar-refractivity contribution in [2.24, 2.45) is 5.92 Å². The average Bonchev–Trinajstić information content (AvgIpc) is 2.79. The summed E-state index contributed by atoms with van der Waals surface area (Å²) in [5, 5.41) is 3.17. The van der Waals surface area contributed by atoms with Gasteiger partial charge in [-0.25, -0.2) is 0 Å². The second kappa shape index (κ2) is 10.8. The molecule has 0 spiro atoms. The Morgan fingerprint density at radius 1 is 1.09 bits per heavy atom. The number of hydrogen-bond donors (Lipinski definition) is 1. The lowest BCUT2D eigenvalue weighted by Gasteiger charge is -2.33. The van der Waals surface area contributed by atoms with Crippen LogP contribution in [0.3, 0.4) is 0 Å². The predicted molar refractivity (Wildman–Crippen MR) is 128 cm³/mol. The van der Waals surface area contributed by atoms with E-state index in [0.717, 1.165) is 49.6 Å². The quantitative estimate of drug-likeness (QED) is 0.664. The van der Waals surface area contributed by atoms with Crippen molar-refractivity contribution < 1.29 is 14.3 Å². The highest BCUT2D eigenvalue weighted by Gasteiger charge is 2.31. The van der Waals surface area contributed by atoms with Gasteiger partial charge in [0.15, 0.2) is 0 Å². The van der Waals surface area contributed by atoms with Gasteiger partial charge >= 0.3 is 0 Å². The molecule has 1 aromatic heterocycles. The van der Waals surface area contributed by atoms with Gasteiger partial charge in [0.05, 0.1) is 17.8 Å². The first kappa shape index (κ1) is 23.2. The SMILES string of the molecule is CN(C)CCC(=O)N1CCC(Oc2ccc(N(C(=O)C3CNC3)c3cccnc3)cc2)CC1. The van der Waals surface area contributed by atoms with Gasteiger partial charge in [-0.1, -0.05) is 0 Å². The summed E-state index contributed by atoms with van der Waals surface area (Å²) in [5.41, 5.74) is 1.56. The highest BCUT2D eigenvalue weighted by atomic mass is 16.5. The number of anilines is 2. The fourth-order valence-corrected chi connectivity index (χ4v) is 4.10. The summed E-state index contributed by atoms with van der Waals surface area (Å²) >= 11 is 0. The van der Waals surface area contributed by atoms with Crippen LogP contribution in [0.4, 0.5) is 11.4 Å². The summed E-state index contributed by atoms with van der Waals surface area (Å²) in [5.74, 6) is 1.04. The average molecular weight is 452 g/mol. The molecule has 2 aromatic rings. The van der Waals surface area contributed by atoms with Crippen LogP contribution in [0, 0.1) is 5.92 Å². The molecule has 2 aliphatic rings. The molecule has 0 radical (unpaired) electrons. The van der Waals surface area contributed by atoms with E-state index in [4.69, 9.17) is 4.74 Å². The van der Waals surface area contributed by atoms with Crippen molar-refractivity contribution in [1.29, 1.82) is 0 Å². The molecule has 2 amide bonds. The van der Waals surface area contributed by atoms with E-state index in [9.17, 15) is 9.59 Å². The number of amides is 2. The van der Waals surface area contributed by atoms with Crippen LogP contribution < -0.4 is 15.0 Å². The number of nitrogens with one attached hydrogen (secondary N) is 1. The summed E-state index contributed by atoms with van der Waals surface area (Å²) in [7, 11) is 3.96. The number of piperidine rings is 1. The standard InChI is InChI=1S/C25H33N5O3/c1-28(2)13-11-24(31)29-14-9-23(10-15-29)33-22-7-5-20(6-8-22)30(21-4-3-12-26-18-21)25(32)19-16-27-17-19/h3-8,12,18-19,23,27H,9-11,13-17H2,1-2H3. The molecular weight excluding hydrogens is 418 g/mol. The Kier molecular flexibility index (Phi) is 7.57. The Labute approximate surface area is 195 Å². The zero-order valence-corrected chi connectivity index (χ0v) is 19.4. The molecule has 1 aromatic carbocycles. The first-order valence-corrected chi connectivity index (χ1v) is 11.6. The molecule has 8 heteroatoms. The van der Waals surface area contributed by atoms with Crippen molar-refractivity contribution in [1.82, 2.24) is 20.1 Å². The zero-order valence-electron chi connectivity index (χ0n) is 19.4. The van der Waals surface area contributed by atoms with Crippen LogP contribution in [-0.2, 0) is 9.59 Å². The van der Waals surface area contributed by atoms with Crippen molar-refractivity contribution in [3.8, 4) is 5.75 Å². The van der Waals surface area contributed by atoms with E-state index >= 15 is 0 Å². The second-order valence-corrected chi connectivity index (χ2v) is 8.99. The molecule has 0 aliphatic carbocycles. The number of hydrogen-bond acceptors (Lipinski definition) is 6. The van der Waals surface area contributed by atoms with E-state index in [1.807, 2.05) is 60.3 Å². The molecule has 3 heterocycles. The fourth-order valence-electron chi connectivity index (χ4n) is 4.10. The molecule has 2 saturated heterocycles. The van der Waals surface area contributed by atoms with E-state index in [1.165, 1.54) is 0 Å². The third kappa shape index (κ3) is 5.89. The summed E-state index contributed by atoms with van der Waals surface area (Å²) < 4.78 is 6.19. The maximum absolute atomic E-state index is 13.1. The molecule has 8 nitrogen and oxygen atoms in total. The van der Waals surface area contributed by atoms with Crippen molar-refractivity contribution in [2.45, 2.75) is 25.4 Å². The van der Waals surface area contributed by atoms with Gasteiger partial charge in [0.1, 0.15) is 11.9 Å². The summed E-state index contributed by atoms with van der Waals surface area (Å²) in [6.07, 6.45) is 5.71. The van der Waals surface area contributed by atoms with Gasteiger partial charge in [-0.2, -0.15) is 0 Å². The van der Waals surface area contributed by atoms with Crippen molar-refractivity contribution in [3.05, 3.63) is 48.8 Å². The Bertz CT molecular complexity index is 923. The molecule has 2 aliphatic heterocycles. The van der Waals surface area contributed by atoms with Crippen LogP contribution >= 0.6 is 0 Å². The molecule has 176 valence electrons. The number of aromatic nitrogens is 1. The van der Waals surface area contributed by atoms with Crippen LogP contribution in [0.5, 0.6) is 5.75 Å². The monoisotopic (exact) mass is 451 g/mol. The van der Waals surface area contributed by atoms with E-state index in [0.29, 0.717) is 19.5 Å². The zero-order chi connectivity index (χ0) is 23.2. The molecule has 0 bridgehead atoms. The third-order valence-electron chi connectivity index (χ3n) is 6.22. The maximum atomic E-state index is 13.1. The fraction of sp³-hybridized carbons (Fsp3) is 0.480. The number of carbonyl (C=O) groups is 2. The van der Waals surface area contributed by atoms with Crippen molar-refractivity contribution in [2.75, 3.05) is 51.7 Å². The molecule has 2 fully saturated rings. The summed E-state index contributed by atoms with van der Waals surface area (Å²) in [6, 6.07) is 11.4. The third-order valence-corrected chi connectivity index (χ3v) is 6.22. The minimum absolute atomic E-state index is 0.0215. The predicted octanol–water partition coefficient (Wildman–Crippen LogP) is 2.29. The topological polar surface area (TPSA) is 78.0 Å². The maximum Gasteiger partial charge on any atom is 0.237 e. The molecule has 33 heavy (non-hydrogen) atoms. The van der Waals surface area contributed by atoms with Crippen LogP contribution in [0.1, 0.15) is 19.3 Å². The second-order valence-electron chi connectivity index (χ2n) is 8.99. The number of pyridine rings is 1. The highest BCUT2D eigenvalue weighted by Crippen LogP contribution is 2.30. The smallest absolute Gasteiger partial charge is 0.237 e. The minimum atomic E-state index is -0.0215. The number of carbonyl (C=O) groups excluding carboxylic acids is 2. The Balaban J connectivity index is 1.36. The summed E-state index contributed by atoms with van der Waals surface area (Å²) in [4.78, 5) is 35.3. The van der Waals surface area contributed by atoms with E-state index in [1.54, 1.807) is 17.3 Å². The van der Waals surface area contributed by atoms with Gasteiger partial charge in [-0.3, -0.25) is 19.5 Å². The lowest BCUT2D eigenvalue weighted by Crippen LogP contribution is -2.51. The first-order valence-electron chi connectivity index (χ1n) is 11.6. The van der Waals surface area contributed by atoms with E-state index in [-0.39, 0.29) is 23.8 Å². The molecule has 0 atom stereocenters. The number of benzene rings is 1. The van der Waals surface area contributed by atoms with E-state index in [2.05, 4.69) is 10.3 Å². The lowest BCUT2D eigenvalue weighted by atomic mass is 10.0. The van der Waals surface area contributed by atoms with Crippen LogP contribution in [0.2, 0.25) is 0 Å². The minimum Gasteiger partial charge on any atom is -0.490 e. The highest BCUT2D eigenvalue weighted by molar-refractivity contribution is 6.02. The number of rotatable bonds is 8. The summed E-state index contributed by atoms with van der Waals surface area (Å²) in [6.45, 7) is 3.64. The normalized spacial score (nSPS) is 17.0. The Morgan fingerprint density at radius 3 is 2.39 bits per heavy atom. The molecule has 4 rings (SSSR count). The number of likely N-dealkylation sites (tertiary alicyclic amines) is 1. The lowest BCUT2D eigenvalue weighted by molar-refractivity contribution is -0.133. The first-order chi connectivity index (χ1) is 16.0. The van der Waals surface area contributed by atoms with Gasteiger partial charge in [0.2, 0.25) is 11.8 Å². The molecule has 0 unspecified atom stereocenters. The Morgan fingerprint density at radius 2 is 1.82 bits per heavy atom. The molecule has 1 N–H and O–H groups in total.